The SMILES string of the molecule is CC(CNc1ncc([N+](=O)[O-])cc1Br)S(C)=O. The summed E-state index contributed by atoms with van der Waals surface area (Å²) in [6, 6.07) is 1.38. The first-order valence-corrected chi connectivity index (χ1v) is 7.19. The second-order valence-corrected chi connectivity index (χ2v) is 6.13. The molecule has 1 rings (SSSR count). The van der Waals surface area contributed by atoms with Crippen molar-refractivity contribution >= 4 is 38.2 Å². The van der Waals surface area contributed by atoms with E-state index in [-0.39, 0.29) is 10.9 Å². The fraction of sp³-hybridized carbons (Fsp3) is 0.444. The van der Waals surface area contributed by atoms with E-state index in [1.165, 1.54) is 12.3 Å². The van der Waals surface area contributed by atoms with Gasteiger partial charge in [-0.3, -0.25) is 14.3 Å². The van der Waals surface area contributed by atoms with Crippen molar-refractivity contribution in [2.75, 3.05) is 18.1 Å². The summed E-state index contributed by atoms with van der Waals surface area (Å²) < 4.78 is 11.7. The van der Waals surface area contributed by atoms with Crippen LogP contribution in [-0.2, 0) is 10.8 Å². The molecule has 1 N–H and O–H groups in total. The van der Waals surface area contributed by atoms with Crippen molar-refractivity contribution in [3.8, 4) is 0 Å². The van der Waals surface area contributed by atoms with E-state index in [2.05, 4.69) is 26.2 Å². The Morgan fingerprint density at radius 1 is 1.71 bits per heavy atom. The van der Waals surface area contributed by atoms with Crippen LogP contribution in [0.4, 0.5) is 11.5 Å². The van der Waals surface area contributed by atoms with Gasteiger partial charge < -0.3 is 5.32 Å². The molecule has 0 aliphatic carbocycles. The van der Waals surface area contributed by atoms with Gasteiger partial charge in [0.2, 0.25) is 0 Å². The number of aromatic nitrogens is 1. The van der Waals surface area contributed by atoms with Crippen molar-refractivity contribution in [1.29, 1.82) is 0 Å². The predicted molar refractivity (Wildman–Crippen MR) is 70.6 cm³/mol. The minimum atomic E-state index is -0.916. The third kappa shape index (κ3) is 4.04. The third-order valence-electron chi connectivity index (χ3n) is 2.16. The number of nitrogens with one attached hydrogen (secondary N) is 1. The van der Waals surface area contributed by atoms with Gasteiger partial charge in [-0.2, -0.15) is 0 Å². The maximum absolute atomic E-state index is 11.1. The zero-order chi connectivity index (χ0) is 13.0. The van der Waals surface area contributed by atoms with Crippen molar-refractivity contribution in [1.82, 2.24) is 4.98 Å². The molecule has 94 valence electrons. The number of hydrogen-bond donors (Lipinski definition) is 1. The molecule has 0 fully saturated rings. The summed E-state index contributed by atoms with van der Waals surface area (Å²) in [5.74, 6) is 0.507. The van der Waals surface area contributed by atoms with E-state index in [1.54, 1.807) is 6.26 Å². The number of halogens is 1. The highest BCUT2D eigenvalue weighted by Gasteiger charge is 2.12. The van der Waals surface area contributed by atoms with Gasteiger partial charge in [0, 0.05) is 34.9 Å². The van der Waals surface area contributed by atoms with E-state index in [0.29, 0.717) is 16.8 Å². The van der Waals surface area contributed by atoms with Crippen LogP contribution in [0.5, 0.6) is 0 Å². The number of nitro groups is 1. The predicted octanol–water partition coefficient (Wildman–Crippen LogP) is 1.93. The molecule has 0 bridgehead atoms. The fourth-order valence-corrected chi connectivity index (χ4v) is 1.81. The summed E-state index contributed by atoms with van der Waals surface area (Å²) in [7, 11) is -0.916. The number of nitrogens with zero attached hydrogens (tertiary/aromatic N) is 2. The topological polar surface area (TPSA) is 85.1 Å². The van der Waals surface area contributed by atoms with Crippen molar-refractivity contribution in [3.63, 3.8) is 0 Å². The van der Waals surface area contributed by atoms with Gasteiger partial charge in [-0.1, -0.05) is 0 Å². The Morgan fingerprint density at radius 2 is 2.35 bits per heavy atom. The van der Waals surface area contributed by atoms with Crippen LogP contribution in [-0.4, -0.2) is 32.2 Å². The van der Waals surface area contributed by atoms with Gasteiger partial charge in [0.15, 0.2) is 0 Å². The molecular weight excluding hydrogens is 310 g/mol. The number of anilines is 1. The van der Waals surface area contributed by atoms with Crippen molar-refractivity contribution < 1.29 is 9.13 Å². The molecule has 1 aromatic heterocycles. The summed E-state index contributed by atoms with van der Waals surface area (Å²) >= 11 is 3.20. The van der Waals surface area contributed by atoms with Gasteiger partial charge in [-0.25, -0.2) is 4.98 Å². The van der Waals surface area contributed by atoms with Crippen molar-refractivity contribution in [2.45, 2.75) is 12.2 Å². The molecule has 2 atom stereocenters. The normalized spacial score (nSPS) is 14.1. The highest BCUT2D eigenvalue weighted by Crippen LogP contribution is 2.24. The summed E-state index contributed by atoms with van der Waals surface area (Å²) in [4.78, 5) is 13.9. The molecule has 0 radical (unpaired) electrons. The number of hydrogen-bond acceptors (Lipinski definition) is 5. The lowest BCUT2D eigenvalue weighted by Gasteiger charge is -2.11. The molecule has 0 aromatic carbocycles. The summed E-state index contributed by atoms with van der Waals surface area (Å²) in [5, 5.41) is 13.5. The van der Waals surface area contributed by atoms with Gasteiger partial charge >= 0.3 is 0 Å². The van der Waals surface area contributed by atoms with Crippen LogP contribution in [0.1, 0.15) is 6.92 Å². The monoisotopic (exact) mass is 321 g/mol. The molecule has 17 heavy (non-hydrogen) atoms. The Kier molecular flexibility index (Phi) is 5.01. The number of pyridine rings is 1. The molecule has 0 spiro atoms. The van der Waals surface area contributed by atoms with Gasteiger partial charge in [-0.15, -0.1) is 0 Å². The Labute approximate surface area is 110 Å². The zero-order valence-corrected chi connectivity index (χ0v) is 11.7. The lowest BCUT2D eigenvalue weighted by atomic mass is 10.4. The van der Waals surface area contributed by atoms with Crippen LogP contribution in [0.2, 0.25) is 0 Å². The van der Waals surface area contributed by atoms with Gasteiger partial charge in [0.05, 0.1) is 9.40 Å². The zero-order valence-electron chi connectivity index (χ0n) is 9.34. The van der Waals surface area contributed by atoms with E-state index in [0.717, 1.165) is 0 Å². The van der Waals surface area contributed by atoms with Crippen LogP contribution in [0, 0.1) is 10.1 Å². The molecular formula is C9H12BrN3O3S. The fourth-order valence-electron chi connectivity index (χ4n) is 1.02. The van der Waals surface area contributed by atoms with E-state index in [1.807, 2.05) is 6.92 Å². The molecule has 0 aliphatic rings. The van der Waals surface area contributed by atoms with E-state index in [4.69, 9.17) is 0 Å². The highest BCUT2D eigenvalue weighted by atomic mass is 79.9. The average Bonchev–Trinajstić information content (AvgIpc) is 2.26. The van der Waals surface area contributed by atoms with Crippen LogP contribution in [0.3, 0.4) is 0 Å². The maximum atomic E-state index is 11.1. The Hall–Kier alpha value is -1.02. The quantitative estimate of drug-likeness (QED) is 0.661. The van der Waals surface area contributed by atoms with Crippen molar-refractivity contribution in [3.05, 3.63) is 26.9 Å². The molecule has 8 heteroatoms. The lowest BCUT2D eigenvalue weighted by molar-refractivity contribution is -0.385. The van der Waals surface area contributed by atoms with Gasteiger partial charge in [0.1, 0.15) is 12.0 Å². The Morgan fingerprint density at radius 3 is 2.82 bits per heavy atom. The summed E-state index contributed by atoms with van der Waals surface area (Å²) in [6.07, 6.45) is 2.81. The molecule has 0 saturated heterocycles. The van der Waals surface area contributed by atoms with Crippen LogP contribution in [0.25, 0.3) is 0 Å². The van der Waals surface area contributed by atoms with Gasteiger partial charge in [-0.05, 0) is 22.9 Å². The minimum Gasteiger partial charge on any atom is -0.368 e. The third-order valence-corrected chi connectivity index (χ3v) is 4.07. The first-order valence-electron chi connectivity index (χ1n) is 4.78. The lowest BCUT2D eigenvalue weighted by Crippen LogP contribution is -2.21. The summed E-state index contributed by atoms with van der Waals surface area (Å²) in [6.45, 7) is 2.34. The molecule has 0 amide bonds. The van der Waals surface area contributed by atoms with E-state index >= 15 is 0 Å². The smallest absolute Gasteiger partial charge is 0.288 e. The van der Waals surface area contributed by atoms with Gasteiger partial charge in [0.25, 0.3) is 5.69 Å². The second-order valence-electron chi connectivity index (χ2n) is 3.47. The maximum Gasteiger partial charge on any atom is 0.288 e. The largest absolute Gasteiger partial charge is 0.368 e. The van der Waals surface area contributed by atoms with E-state index < -0.39 is 15.7 Å². The van der Waals surface area contributed by atoms with Crippen molar-refractivity contribution in [2.24, 2.45) is 0 Å². The molecule has 6 nitrogen and oxygen atoms in total. The van der Waals surface area contributed by atoms with Crippen LogP contribution >= 0.6 is 15.9 Å². The average molecular weight is 322 g/mol. The van der Waals surface area contributed by atoms with E-state index in [9.17, 15) is 14.3 Å². The molecule has 0 aliphatic heterocycles. The number of rotatable bonds is 5. The van der Waals surface area contributed by atoms with Crippen LogP contribution < -0.4 is 5.32 Å². The highest BCUT2D eigenvalue weighted by molar-refractivity contribution is 9.10. The second kappa shape index (κ2) is 6.06. The first-order chi connectivity index (χ1) is 7.91. The minimum absolute atomic E-state index is 0.0149. The molecule has 1 aromatic rings. The Bertz CT molecular complexity index is 455. The molecule has 0 saturated carbocycles. The molecule has 2 unspecified atom stereocenters. The molecule has 1 heterocycles. The standard InChI is InChI=1S/C9H12BrN3O3S/c1-6(17(2)16)4-11-9-8(10)3-7(5-12-9)13(14)15/h3,5-6H,4H2,1-2H3,(H,11,12). The Balaban J connectivity index is 2.73. The summed E-state index contributed by atoms with van der Waals surface area (Å²) in [5.41, 5.74) is -0.0745. The van der Waals surface area contributed by atoms with Crippen LogP contribution in [0.15, 0.2) is 16.7 Å². The first kappa shape index (κ1) is 14.0.